The molecule has 17 heavy (non-hydrogen) atoms. The molecule has 2 nitrogen and oxygen atoms in total. The number of hydrogen-bond donors (Lipinski definition) is 0. The van der Waals surface area contributed by atoms with Gasteiger partial charge in [0.25, 0.3) is 5.91 Å². The lowest BCUT2D eigenvalue weighted by Crippen LogP contribution is -2.38. The van der Waals surface area contributed by atoms with Crippen molar-refractivity contribution in [2.24, 2.45) is 5.92 Å². The Bertz CT molecular complexity index is 434. The van der Waals surface area contributed by atoms with E-state index in [0.29, 0.717) is 26.0 Å². The van der Waals surface area contributed by atoms with Crippen LogP contribution in [0.25, 0.3) is 0 Å². The minimum atomic E-state index is -0.0619. The molecule has 2 heterocycles. The zero-order valence-corrected chi connectivity index (χ0v) is 12.3. The number of rotatable bonds is 2. The summed E-state index contributed by atoms with van der Waals surface area (Å²) in [4.78, 5) is 14.1. The minimum absolute atomic E-state index is 0.0619. The molecule has 1 aromatic heterocycles. The van der Waals surface area contributed by atoms with Gasteiger partial charge in [0.2, 0.25) is 0 Å². The smallest absolute Gasteiger partial charge is 0.256 e. The van der Waals surface area contributed by atoms with E-state index in [-0.39, 0.29) is 11.9 Å². The SMILES string of the molecule is CC1CCN(C(=O)c2cc(Cl)sc2Cl)C1CCl. The van der Waals surface area contributed by atoms with Crippen molar-refractivity contribution in [1.82, 2.24) is 4.90 Å². The third-order valence-corrected chi connectivity index (χ3v) is 4.99. The molecule has 1 aliphatic rings. The molecule has 0 radical (unpaired) electrons. The van der Waals surface area contributed by atoms with Crippen molar-refractivity contribution in [3.63, 3.8) is 0 Å². The maximum absolute atomic E-state index is 12.3. The quantitative estimate of drug-likeness (QED) is 0.751. The Morgan fingerprint density at radius 3 is 2.82 bits per heavy atom. The van der Waals surface area contributed by atoms with Crippen molar-refractivity contribution >= 4 is 52.0 Å². The zero-order chi connectivity index (χ0) is 12.6. The van der Waals surface area contributed by atoms with E-state index in [9.17, 15) is 4.79 Å². The molecule has 1 saturated heterocycles. The molecule has 0 saturated carbocycles. The van der Waals surface area contributed by atoms with Crippen molar-refractivity contribution in [2.75, 3.05) is 12.4 Å². The predicted octanol–water partition coefficient (Wildman–Crippen LogP) is 4.14. The third kappa shape index (κ3) is 2.58. The van der Waals surface area contributed by atoms with Crippen LogP contribution >= 0.6 is 46.1 Å². The van der Waals surface area contributed by atoms with Crippen molar-refractivity contribution in [3.8, 4) is 0 Å². The van der Waals surface area contributed by atoms with Crippen LogP contribution in [0, 0.1) is 5.92 Å². The van der Waals surface area contributed by atoms with Gasteiger partial charge in [0, 0.05) is 18.5 Å². The highest BCUT2D eigenvalue weighted by molar-refractivity contribution is 7.20. The van der Waals surface area contributed by atoms with Crippen LogP contribution in [0.2, 0.25) is 8.67 Å². The largest absolute Gasteiger partial charge is 0.334 e. The summed E-state index contributed by atoms with van der Waals surface area (Å²) in [5.41, 5.74) is 0.492. The first-order valence-corrected chi connectivity index (χ1v) is 7.47. The lowest BCUT2D eigenvalue weighted by Gasteiger charge is -2.24. The number of hydrogen-bond acceptors (Lipinski definition) is 2. The minimum Gasteiger partial charge on any atom is -0.334 e. The fraction of sp³-hybridized carbons (Fsp3) is 0.545. The molecule has 0 N–H and O–H groups in total. The second-order valence-electron chi connectivity index (χ2n) is 4.22. The lowest BCUT2D eigenvalue weighted by atomic mass is 10.0. The van der Waals surface area contributed by atoms with Gasteiger partial charge in [-0.1, -0.05) is 30.1 Å². The van der Waals surface area contributed by atoms with E-state index in [0.717, 1.165) is 13.0 Å². The summed E-state index contributed by atoms with van der Waals surface area (Å²) in [5.74, 6) is 0.833. The zero-order valence-electron chi connectivity index (χ0n) is 9.25. The fourth-order valence-corrected chi connectivity index (χ4v) is 4.06. The number of amides is 1. The van der Waals surface area contributed by atoms with E-state index in [1.165, 1.54) is 11.3 Å². The van der Waals surface area contributed by atoms with Gasteiger partial charge >= 0.3 is 0 Å². The third-order valence-electron chi connectivity index (χ3n) is 3.19. The van der Waals surface area contributed by atoms with Gasteiger partial charge in [0.15, 0.2) is 0 Å². The average Bonchev–Trinajstić information content (AvgIpc) is 2.80. The van der Waals surface area contributed by atoms with Crippen molar-refractivity contribution in [2.45, 2.75) is 19.4 Å². The van der Waals surface area contributed by atoms with Crippen LogP contribution in [0.5, 0.6) is 0 Å². The van der Waals surface area contributed by atoms with Gasteiger partial charge in [0.1, 0.15) is 4.34 Å². The second-order valence-corrected chi connectivity index (χ2v) is 6.82. The topological polar surface area (TPSA) is 20.3 Å². The molecule has 94 valence electrons. The van der Waals surface area contributed by atoms with E-state index < -0.39 is 0 Å². The van der Waals surface area contributed by atoms with E-state index >= 15 is 0 Å². The molecule has 0 bridgehead atoms. The van der Waals surface area contributed by atoms with Gasteiger partial charge < -0.3 is 4.90 Å². The second kappa shape index (κ2) is 5.35. The molecule has 0 aliphatic carbocycles. The molecule has 6 heteroatoms. The first-order valence-electron chi connectivity index (χ1n) is 5.36. The molecule has 2 unspecified atom stereocenters. The first kappa shape index (κ1) is 13.5. The molecular formula is C11H12Cl3NOS. The summed E-state index contributed by atoms with van der Waals surface area (Å²) in [6.07, 6.45) is 0.985. The highest BCUT2D eigenvalue weighted by Crippen LogP contribution is 2.34. The van der Waals surface area contributed by atoms with E-state index in [1.807, 2.05) is 4.90 Å². The number of alkyl halides is 1. The van der Waals surface area contributed by atoms with Gasteiger partial charge in [-0.2, -0.15) is 0 Å². The summed E-state index contributed by atoms with van der Waals surface area (Å²) in [6.45, 7) is 2.85. The molecule has 2 atom stereocenters. The number of carbonyl (C=O) groups excluding carboxylic acids is 1. The van der Waals surface area contributed by atoms with Crippen molar-refractivity contribution in [1.29, 1.82) is 0 Å². The standard InChI is InChI=1S/C11H12Cl3NOS/c1-6-2-3-15(8(6)5-12)11(16)7-4-9(13)17-10(7)14/h4,6,8H,2-3,5H2,1H3. The number of carbonyl (C=O) groups is 1. The van der Waals surface area contributed by atoms with E-state index in [1.54, 1.807) is 6.07 Å². The summed E-state index contributed by atoms with van der Waals surface area (Å²) < 4.78 is 0.987. The van der Waals surface area contributed by atoms with Crippen LogP contribution in [-0.2, 0) is 0 Å². The monoisotopic (exact) mass is 311 g/mol. The van der Waals surface area contributed by atoms with Crippen LogP contribution in [0.15, 0.2) is 6.07 Å². The fourth-order valence-electron chi connectivity index (χ4n) is 2.14. The Morgan fingerprint density at radius 2 is 2.29 bits per heavy atom. The average molecular weight is 313 g/mol. The summed E-state index contributed by atoms with van der Waals surface area (Å²) >= 11 is 19.0. The van der Waals surface area contributed by atoms with Crippen molar-refractivity contribution in [3.05, 3.63) is 20.3 Å². The molecule has 1 aromatic rings. The summed E-state index contributed by atoms with van der Waals surface area (Å²) in [6, 6.07) is 1.73. The Balaban J connectivity index is 2.23. The van der Waals surface area contributed by atoms with Gasteiger partial charge in [0.05, 0.1) is 9.90 Å². The van der Waals surface area contributed by atoms with Gasteiger partial charge in [-0.25, -0.2) is 0 Å². The molecule has 2 rings (SSSR count). The molecular weight excluding hydrogens is 301 g/mol. The van der Waals surface area contributed by atoms with Crippen LogP contribution in [-0.4, -0.2) is 29.3 Å². The molecule has 1 fully saturated rings. The number of likely N-dealkylation sites (tertiary alicyclic amines) is 1. The van der Waals surface area contributed by atoms with Crippen LogP contribution < -0.4 is 0 Å². The summed E-state index contributed by atoms with van der Waals surface area (Å²) in [5, 5.41) is 0. The molecule has 1 amide bonds. The maximum atomic E-state index is 12.3. The Labute approximate surface area is 119 Å². The van der Waals surface area contributed by atoms with Crippen LogP contribution in [0.3, 0.4) is 0 Å². The van der Waals surface area contributed by atoms with Gasteiger partial charge in [-0.05, 0) is 18.4 Å². The van der Waals surface area contributed by atoms with Crippen molar-refractivity contribution < 1.29 is 4.79 Å². The number of nitrogens with zero attached hydrogens (tertiary/aromatic N) is 1. The van der Waals surface area contributed by atoms with E-state index in [4.69, 9.17) is 34.8 Å². The Hall–Kier alpha value is 0.0400. The first-order chi connectivity index (χ1) is 8.04. The number of halogens is 3. The normalized spacial score (nSPS) is 24.4. The lowest BCUT2D eigenvalue weighted by molar-refractivity contribution is 0.0738. The van der Waals surface area contributed by atoms with Crippen LogP contribution in [0.4, 0.5) is 0 Å². The highest BCUT2D eigenvalue weighted by Gasteiger charge is 2.35. The summed E-state index contributed by atoms with van der Waals surface area (Å²) in [7, 11) is 0. The highest BCUT2D eigenvalue weighted by atomic mass is 35.5. The van der Waals surface area contributed by atoms with Gasteiger partial charge in [-0.15, -0.1) is 22.9 Å². The van der Waals surface area contributed by atoms with Gasteiger partial charge in [-0.3, -0.25) is 4.79 Å². The Morgan fingerprint density at radius 1 is 1.59 bits per heavy atom. The number of thiophene rings is 1. The predicted molar refractivity (Wildman–Crippen MR) is 73.7 cm³/mol. The molecule has 0 aromatic carbocycles. The van der Waals surface area contributed by atoms with E-state index in [2.05, 4.69) is 6.92 Å². The molecule has 0 spiro atoms. The van der Waals surface area contributed by atoms with Crippen LogP contribution in [0.1, 0.15) is 23.7 Å². The Kier molecular flexibility index (Phi) is 4.24. The molecule has 1 aliphatic heterocycles. The maximum Gasteiger partial charge on any atom is 0.256 e.